The van der Waals surface area contributed by atoms with Crippen LogP contribution in [0, 0.1) is 22.5 Å². The minimum absolute atomic E-state index is 0.00101. The van der Waals surface area contributed by atoms with Gasteiger partial charge in [0.25, 0.3) is 11.6 Å². The average Bonchev–Trinajstić information content (AvgIpc) is 2.72. The van der Waals surface area contributed by atoms with Crippen LogP contribution in [0.25, 0.3) is 10.8 Å². The zero-order valence-corrected chi connectivity index (χ0v) is 14.7. The van der Waals surface area contributed by atoms with Gasteiger partial charge in [-0.15, -0.1) is 6.42 Å². The maximum atomic E-state index is 12.5. The van der Waals surface area contributed by atoms with Crippen LogP contribution in [0.3, 0.4) is 0 Å². The van der Waals surface area contributed by atoms with Crippen molar-refractivity contribution in [3.63, 3.8) is 0 Å². The first kappa shape index (κ1) is 18.6. The van der Waals surface area contributed by atoms with Crippen LogP contribution in [0.1, 0.15) is 15.9 Å². The van der Waals surface area contributed by atoms with Gasteiger partial charge >= 0.3 is 0 Å². The van der Waals surface area contributed by atoms with Crippen molar-refractivity contribution in [2.75, 3.05) is 6.61 Å². The standard InChI is InChI=1S/C21H15N3O4/c1-2-12-28-20-11-10-17(24(26)27)13-16(20)14-22-23-21(25)19-9-5-7-15-6-3-4-8-18(15)19/h1,3-11,13-14H,12H2,(H,23,25)/b22-14-. The second kappa shape index (κ2) is 8.47. The second-order valence-corrected chi connectivity index (χ2v) is 5.70. The lowest BCUT2D eigenvalue weighted by Gasteiger charge is -2.07. The van der Waals surface area contributed by atoms with E-state index in [0.717, 1.165) is 10.8 Å². The Morgan fingerprint density at radius 2 is 2.00 bits per heavy atom. The van der Waals surface area contributed by atoms with E-state index in [-0.39, 0.29) is 12.3 Å². The summed E-state index contributed by atoms with van der Waals surface area (Å²) < 4.78 is 5.36. The Bertz CT molecular complexity index is 1110. The van der Waals surface area contributed by atoms with E-state index in [1.165, 1.54) is 24.4 Å². The Balaban J connectivity index is 1.83. The summed E-state index contributed by atoms with van der Waals surface area (Å²) in [6, 6.07) is 16.9. The summed E-state index contributed by atoms with van der Waals surface area (Å²) in [5.41, 5.74) is 3.10. The first-order valence-electron chi connectivity index (χ1n) is 8.26. The van der Waals surface area contributed by atoms with Crippen LogP contribution < -0.4 is 10.2 Å². The minimum Gasteiger partial charge on any atom is -0.480 e. The number of carbonyl (C=O) groups excluding carboxylic acids is 1. The Hall–Kier alpha value is -4.18. The number of nitrogens with zero attached hydrogens (tertiary/aromatic N) is 2. The fraction of sp³-hybridized carbons (Fsp3) is 0.0476. The number of nitro groups is 1. The Morgan fingerprint density at radius 3 is 2.79 bits per heavy atom. The van der Waals surface area contributed by atoms with Gasteiger partial charge in [-0.2, -0.15) is 5.10 Å². The van der Waals surface area contributed by atoms with Crippen LogP contribution in [0.15, 0.2) is 65.8 Å². The zero-order chi connectivity index (χ0) is 19.9. The van der Waals surface area contributed by atoms with Crippen molar-refractivity contribution in [3.05, 3.63) is 81.9 Å². The van der Waals surface area contributed by atoms with E-state index in [9.17, 15) is 14.9 Å². The highest BCUT2D eigenvalue weighted by atomic mass is 16.6. The van der Waals surface area contributed by atoms with Gasteiger partial charge in [-0.25, -0.2) is 5.43 Å². The molecule has 0 saturated carbocycles. The molecule has 138 valence electrons. The van der Waals surface area contributed by atoms with Gasteiger partial charge in [-0.05, 0) is 22.9 Å². The first-order valence-corrected chi connectivity index (χ1v) is 8.26. The number of fused-ring (bicyclic) bond motifs is 1. The fourth-order valence-corrected chi connectivity index (χ4v) is 2.65. The molecule has 7 heteroatoms. The third-order valence-electron chi connectivity index (χ3n) is 3.92. The van der Waals surface area contributed by atoms with Crippen LogP contribution in [0.5, 0.6) is 5.75 Å². The molecule has 0 fully saturated rings. The molecule has 0 bridgehead atoms. The molecule has 3 rings (SSSR count). The minimum atomic E-state index is -0.531. The first-order chi connectivity index (χ1) is 13.6. The molecule has 0 aliphatic carbocycles. The molecule has 7 nitrogen and oxygen atoms in total. The monoisotopic (exact) mass is 373 g/mol. The summed E-state index contributed by atoms with van der Waals surface area (Å²) in [6.07, 6.45) is 6.46. The molecule has 0 aliphatic rings. The molecule has 28 heavy (non-hydrogen) atoms. The largest absolute Gasteiger partial charge is 0.480 e. The van der Waals surface area contributed by atoms with Gasteiger partial charge in [-0.3, -0.25) is 14.9 Å². The smallest absolute Gasteiger partial charge is 0.271 e. The zero-order valence-electron chi connectivity index (χ0n) is 14.7. The lowest BCUT2D eigenvalue weighted by molar-refractivity contribution is -0.384. The van der Waals surface area contributed by atoms with Crippen LogP contribution in [0.2, 0.25) is 0 Å². The van der Waals surface area contributed by atoms with E-state index in [2.05, 4.69) is 16.4 Å². The third kappa shape index (κ3) is 4.14. The molecular formula is C21H15N3O4. The number of hydrazone groups is 1. The van der Waals surface area contributed by atoms with E-state index in [1.54, 1.807) is 12.1 Å². The van der Waals surface area contributed by atoms with Crippen molar-refractivity contribution in [3.8, 4) is 18.1 Å². The predicted molar refractivity (Wildman–Crippen MR) is 106 cm³/mol. The number of hydrogen-bond acceptors (Lipinski definition) is 5. The molecule has 0 aliphatic heterocycles. The number of hydrogen-bond donors (Lipinski definition) is 1. The quantitative estimate of drug-likeness (QED) is 0.310. The number of terminal acetylenes is 1. The molecule has 0 saturated heterocycles. The maximum absolute atomic E-state index is 12.5. The van der Waals surface area contributed by atoms with Gasteiger partial charge in [0.2, 0.25) is 0 Å². The topological polar surface area (TPSA) is 93.8 Å². The summed E-state index contributed by atoms with van der Waals surface area (Å²) in [5.74, 6) is 2.25. The van der Waals surface area contributed by atoms with Crippen LogP contribution in [0.4, 0.5) is 5.69 Å². The number of benzene rings is 3. The van der Waals surface area contributed by atoms with Crippen molar-refractivity contribution >= 4 is 28.6 Å². The number of non-ortho nitro benzene ring substituents is 1. The van der Waals surface area contributed by atoms with E-state index in [0.29, 0.717) is 16.9 Å². The lowest BCUT2D eigenvalue weighted by atomic mass is 10.0. The lowest BCUT2D eigenvalue weighted by Crippen LogP contribution is -2.18. The van der Waals surface area contributed by atoms with Crippen molar-refractivity contribution in [1.29, 1.82) is 0 Å². The third-order valence-corrected chi connectivity index (χ3v) is 3.92. The molecule has 1 N–H and O–H groups in total. The molecule has 3 aromatic rings. The summed E-state index contributed by atoms with van der Waals surface area (Å²) in [6.45, 7) is 0.00101. The number of ether oxygens (including phenoxy) is 1. The number of rotatable bonds is 6. The Morgan fingerprint density at radius 1 is 1.21 bits per heavy atom. The highest BCUT2D eigenvalue weighted by Gasteiger charge is 2.12. The molecule has 0 heterocycles. The average molecular weight is 373 g/mol. The summed E-state index contributed by atoms with van der Waals surface area (Å²) >= 11 is 0. The maximum Gasteiger partial charge on any atom is 0.271 e. The van der Waals surface area contributed by atoms with Crippen LogP contribution >= 0.6 is 0 Å². The molecule has 0 aromatic heterocycles. The SMILES string of the molecule is C#CCOc1ccc([N+](=O)[O-])cc1/C=N\NC(=O)c1cccc2ccccc12. The number of carbonyl (C=O) groups is 1. The molecule has 0 unspecified atom stereocenters. The Kier molecular flexibility index (Phi) is 5.63. The van der Waals surface area contributed by atoms with Gasteiger partial charge in [0.15, 0.2) is 0 Å². The normalized spacial score (nSPS) is 10.5. The summed E-state index contributed by atoms with van der Waals surface area (Å²) in [4.78, 5) is 22.9. The highest BCUT2D eigenvalue weighted by Crippen LogP contribution is 2.23. The van der Waals surface area contributed by atoms with Crippen LogP contribution in [-0.2, 0) is 0 Å². The number of nitrogens with one attached hydrogen (secondary N) is 1. The van der Waals surface area contributed by atoms with Gasteiger partial charge < -0.3 is 4.74 Å². The highest BCUT2D eigenvalue weighted by molar-refractivity contribution is 6.07. The second-order valence-electron chi connectivity index (χ2n) is 5.70. The van der Waals surface area contributed by atoms with Crippen molar-refractivity contribution in [2.24, 2.45) is 5.10 Å². The van der Waals surface area contributed by atoms with Crippen molar-refractivity contribution < 1.29 is 14.5 Å². The fourth-order valence-electron chi connectivity index (χ4n) is 2.65. The van der Waals surface area contributed by atoms with E-state index < -0.39 is 10.8 Å². The van der Waals surface area contributed by atoms with E-state index >= 15 is 0 Å². The van der Waals surface area contributed by atoms with Crippen molar-refractivity contribution in [2.45, 2.75) is 0 Å². The molecular weight excluding hydrogens is 358 g/mol. The molecule has 3 aromatic carbocycles. The Labute approximate surface area is 160 Å². The summed E-state index contributed by atoms with van der Waals surface area (Å²) in [7, 11) is 0. The molecule has 0 atom stereocenters. The molecule has 1 amide bonds. The molecule has 0 radical (unpaired) electrons. The number of amides is 1. The van der Waals surface area contributed by atoms with Crippen LogP contribution in [-0.4, -0.2) is 23.7 Å². The summed E-state index contributed by atoms with van der Waals surface area (Å²) in [5, 5.41) is 16.6. The van der Waals surface area contributed by atoms with E-state index in [1.807, 2.05) is 30.3 Å². The van der Waals surface area contributed by atoms with Gasteiger partial charge in [0.05, 0.1) is 11.1 Å². The number of nitro benzene ring substituents is 1. The van der Waals surface area contributed by atoms with Crippen molar-refractivity contribution in [1.82, 2.24) is 5.43 Å². The van der Waals surface area contributed by atoms with Gasteiger partial charge in [0.1, 0.15) is 12.4 Å². The van der Waals surface area contributed by atoms with Gasteiger partial charge in [-0.1, -0.05) is 42.3 Å². The van der Waals surface area contributed by atoms with E-state index in [4.69, 9.17) is 11.2 Å². The van der Waals surface area contributed by atoms with Gasteiger partial charge in [0, 0.05) is 23.3 Å². The molecule has 0 spiro atoms. The predicted octanol–water partition coefficient (Wildman–Crippen LogP) is 3.52.